The molecule has 11 nitrogen and oxygen atoms in total. The second-order valence-corrected chi connectivity index (χ2v) is 6.19. The first-order valence-electron chi connectivity index (χ1n) is 8.63. The molecule has 1 aromatic carbocycles. The van der Waals surface area contributed by atoms with E-state index in [4.69, 9.17) is 0 Å². The number of nitro benzene ring substituents is 1. The Morgan fingerprint density at radius 2 is 1.62 bits per heavy atom. The number of rotatable bonds is 4. The number of methoxy groups -OCH3 is 1. The van der Waals surface area contributed by atoms with Crippen molar-refractivity contribution in [2.75, 3.05) is 33.3 Å². The number of piperazine rings is 1. The fourth-order valence-corrected chi connectivity index (χ4v) is 2.94. The monoisotopic (exact) mass is 399 g/mol. The molecule has 0 saturated carbocycles. The molecular formula is C18H17N5O6. The van der Waals surface area contributed by atoms with E-state index in [1.165, 1.54) is 29.6 Å². The summed E-state index contributed by atoms with van der Waals surface area (Å²) in [6.07, 6.45) is 4.26. The third-order valence-electron chi connectivity index (χ3n) is 4.43. The van der Waals surface area contributed by atoms with Crippen LogP contribution in [-0.2, 0) is 4.74 Å². The maximum absolute atomic E-state index is 12.8. The lowest BCUT2D eigenvalue weighted by molar-refractivity contribution is -0.384. The Kier molecular flexibility index (Phi) is 5.77. The summed E-state index contributed by atoms with van der Waals surface area (Å²) in [5.74, 6) is -1.53. The second-order valence-electron chi connectivity index (χ2n) is 6.19. The quantitative estimate of drug-likeness (QED) is 0.418. The molecule has 11 heteroatoms. The molecule has 0 aliphatic carbocycles. The molecule has 1 fully saturated rings. The van der Waals surface area contributed by atoms with Gasteiger partial charge in [0.1, 0.15) is 5.69 Å². The van der Waals surface area contributed by atoms with E-state index in [9.17, 15) is 24.5 Å². The van der Waals surface area contributed by atoms with Gasteiger partial charge >= 0.3 is 5.97 Å². The standard InChI is InChI=1S/C18H17N5O6/c1-29-18(26)13-8-12(9-14(10-13)23(27)28)16(24)21-4-6-22(7-5-21)17(25)15-11-19-2-3-20-15/h2-3,8-11H,4-7H2,1H3. The fraction of sp³-hybridized carbons (Fsp3) is 0.278. The topological polar surface area (TPSA) is 136 Å². The van der Waals surface area contributed by atoms with Crippen LogP contribution in [0, 0.1) is 10.1 Å². The van der Waals surface area contributed by atoms with Crippen molar-refractivity contribution in [1.82, 2.24) is 19.8 Å². The normalized spacial score (nSPS) is 13.7. The Hall–Kier alpha value is -3.89. The molecular weight excluding hydrogens is 382 g/mol. The van der Waals surface area contributed by atoms with E-state index in [0.29, 0.717) is 0 Å². The largest absolute Gasteiger partial charge is 0.465 e. The average Bonchev–Trinajstić information content (AvgIpc) is 2.77. The number of nitrogens with zero attached hydrogens (tertiary/aromatic N) is 5. The summed E-state index contributed by atoms with van der Waals surface area (Å²) in [6.45, 7) is 1.03. The Morgan fingerprint density at radius 1 is 1.00 bits per heavy atom. The molecule has 3 rings (SSSR count). The zero-order chi connectivity index (χ0) is 21.0. The zero-order valence-electron chi connectivity index (χ0n) is 15.5. The van der Waals surface area contributed by atoms with Crippen LogP contribution in [0.1, 0.15) is 31.2 Å². The molecule has 1 aliphatic heterocycles. The van der Waals surface area contributed by atoms with Gasteiger partial charge in [-0.2, -0.15) is 0 Å². The number of benzene rings is 1. The Bertz CT molecular complexity index is 956. The van der Waals surface area contributed by atoms with Gasteiger partial charge in [0, 0.05) is 56.3 Å². The molecule has 1 aromatic heterocycles. The average molecular weight is 399 g/mol. The zero-order valence-corrected chi connectivity index (χ0v) is 15.5. The van der Waals surface area contributed by atoms with Gasteiger partial charge in [0.15, 0.2) is 0 Å². The first-order valence-corrected chi connectivity index (χ1v) is 8.63. The minimum atomic E-state index is -0.776. The van der Waals surface area contributed by atoms with Crippen molar-refractivity contribution in [3.05, 3.63) is 63.7 Å². The molecule has 0 unspecified atom stereocenters. The molecule has 1 saturated heterocycles. The lowest BCUT2D eigenvalue weighted by atomic mass is 10.1. The lowest BCUT2D eigenvalue weighted by Crippen LogP contribution is -2.50. The van der Waals surface area contributed by atoms with Crippen LogP contribution in [0.3, 0.4) is 0 Å². The molecule has 0 spiro atoms. The molecule has 0 radical (unpaired) electrons. The van der Waals surface area contributed by atoms with Crippen LogP contribution in [0.5, 0.6) is 0 Å². The van der Waals surface area contributed by atoms with E-state index < -0.39 is 16.8 Å². The molecule has 2 heterocycles. The highest BCUT2D eigenvalue weighted by Crippen LogP contribution is 2.20. The van der Waals surface area contributed by atoms with Gasteiger partial charge in [0.05, 0.1) is 23.8 Å². The molecule has 0 bridgehead atoms. The second kappa shape index (κ2) is 8.42. The van der Waals surface area contributed by atoms with Crippen LogP contribution in [0.25, 0.3) is 0 Å². The van der Waals surface area contributed by atoms with Gasteiger partial charge in [-0.25, -0.2) is 9.78 Å². The van der Waals surface area contributed by atoms with E-state index in [1.807, 2.05) is 0 Å². The van der Waals surface area contributed by atoms with E-state index in [0.717, 1.165) is 19.2 Å². The molecule has 2 aromatic rings. The van der Waals surface area contributed by atoms with Crippen molar-refractivity contribution < 1.29 is 24.0 Å². The van der Waals surface area contributed by atoms with Gasteiger partial charge < -0.3 is 14.5 Å². The summed E-state index contributed by atoms with van der Waals surface area (Å²) in [5, 5.41) is 11.1. The lowest BCUT2D eigenvalue weighted by Gasteiger charge is -2.34. The van der Waals surface area contributed by atoms with Crippen LogP contribution < -0.4 is 0 Å². The van der Waals surface area contributed by atoms with Crippen LogP contribution in [0.15, 0.2) is 36.8 Å². The highest BCUT2D eigenvalue weighted by atomic mass is 16.6. The third kappa shape index (κ3) is 4.34. The van der Waals surface area contributed by atoms with Gasteiger partial charge in [-0.3, -0.25) is 24.7 Å². The van der Waals surface area contributed by atoms with Gasteiger partial charge in [-0.05, 0) is 6.07 Å². The number of aromatic nitrogens is 2. The van der Waals surface area contributed by atoms with Gasteiger partial charge in [0.2, 0.25) is 0 Å². The third-order valence-corrected chi connectivity index (χ3v) is 4.43. The Labute approximate surface area is 165 Å². The number of amides is 2. The van der Waals surface area contributed by atoms with Crippen LogP contribution in [0.4, 0.5) is 5.69 Å². The van der Waals surface area contributed by atoms with E-state index in [-0.39, 0.29) is 54.6 Å². The summed E-state index contributed by atoms with van der Waals surface area (Å²) in [5.41, 5.74) is -0.240. The number of carbonyl (C=O) groups excluding carboxylic acids is 3. The summed E-state index contributed by atoms with van der Waals surface area (Å²) in [6, 6.07) is 3.43. The van der Waals surface area contributed by atoms with Crippen molar-refractivity contribution in [2.24, 2.45) is 0 Å². The Morgan fingerprint density at radius 3 is 2.17 bits per heavy atom. The molecule has 150 valence electrons. The number of carbonyl (C=O) groups is 3. The van der Waals surface area contributed by atoms with Gasteiger partial charge in [-0.1, -0.05) is 0 Å². The fourth-order valence-electron chi connectivity index (χ4n) is 2.94. The van der Waals surface area contributed by atoms with Crippen molar-refractivity contribution >= 4 is 23.5 Å². The van der Waals surface area contributed by atoms with Gasteiger partial charge in [0.25, 0.3) is 17.5 Å². The SMILES string of the molecule is COC(=O)c1cc(C(=O)N2CCN(C(=O)c3cnccn3)CC2)cc([N+](=O)[O-])c1. The van der Waals surface area contributed by atoms with E-state index in [2.05, 4.69) is 14.7 Å². The highest BCUT2D eigenvalue weighted by Gasteiger charge is 2.27. The predicted octanol–water partition coefficient (Wildman–Crippen LogP) is 0.770. The van der Waals surface area contributed by atoms with E-state index >= 15 is 0 Å². The summed E-state index contributed by atoms with van der Waals surface area (Å²) >= 11 is 0. The maximum atomic E-state index is 12.8. The number of ether oxygens (including phenoxy) is 1. The summed E-state index contributed by atoms with van der Waals surface area (Å²) in [7, 11) is 1.15. The number of esters is 1. The van der Waals surface area contributed by atoms with Crippen molar-refractivity contribution in [3.63, 3.8) is 0 Å². The summed E-state index contributed by atoms with van der Waals surface area (Å²) in [4.78, 5) is 58.3. The molecule has 0 atom stereocenters. The first kappa shape index (κ1) is 19.9. The minimum absolute atomic E-state index is 0.00769. The summed E-state index contributed by atoms with van der Waals surface area (Å²) < 4.78 is 4.59. The van der Waals surface area contributed by atoms with Crippen LogP contribution in [-0.4, -0.2) is 75.8 Å². The minimum Gasteiger partial charge on any atom is -0.465 e. The van der Waals surface area contributed by atoms with Crippen molar-refractivity contribution in [2.45, 2.75) is 0 Å². The maximum Gasteiger partial charge on any atom is 0.338 e. The van der Waals surface area contributed by atoms with Gasteiger partial charge in [-0.15, -0.1) is 0 Å². The number of nitro groups is 1. The van der Waals surface area contributed by atoms with Crippen molar-refractivity contribution in [3.8, 4) is 0 Å². The number of hydrogen-bond acceptors (Lipinski definition) is 8. The molecule has 1 aliphatic rings. The van der Waals surface area contributed by atoms with Crippen LogP contribution in [0.2, 0.25) is 0 Å². The molecule has 2 amide bonds. The number of non-ortho nitro benzene ring substituents is 1. The highest BCUT2D eigenvalue weighted by molar-refractivity contribution is 5.99. The molecule has 29 heavy (non-hydrogen) atoms. The number of hydrogen-bond donors (Lipinski definition) is 0. The van der Waals surface area contributed by atoms with Crippen molar-refractivity contribution in [1.29, 1.82) is 0 Å². The molecule has 0 N–H and O–H groups in total. The van der Waals surface area contributed by atoms with E-state index in [1.54, 1.807) is 4.90 Å². The smallest absolute Gasteiger partial charge is 0.338 e. The Balaban J connectivity index is 1.73. The first-order chi connectivity index (χ1) is 13.9. The van der Waals surface area contributed by atoms with Crippen LogP contribution >= 0.6 is 0 Å². The predicted molar refractivity (Wildman–Crippen MR) is 98.3 cm³/mol.